The average molecular weight is 300 g/mol. The fraction of sp³-hybridized carbons (Fsp3) is 0.611. The lowest BCUT2D eigenvalue weighted by Crippen LogP contribution is -2.38. The molecule has 1 aliphatic rings. The predicted octanol–water partition coefficient (Wildman–Crippen LogP) is 2.80. The quantitative estimate of drug-likeness (QED) is 0.853. The highest BCUT2D eigenvalue weighted by Crippen LogP contribution is 2.24. The Morgan fingerprint density at radius 1 is 1.36 bits per heavy atom. The maximum Gasteiger partial charge on any atom is 0.111 e. The third-order valence-corrected chi connectivity index (χ3v) is 4.97. The Bertz CT molecular complexity index is 627. The topological polar surface area (TPSA) is 33.1 Å². The molecule has 0 saturated heterocycles. The Labute approximate surface area is 133 Å². The highest BCUT2D eigenvalue weighted by atomic mass is 15.1. The molecule has 120 valence electrons. The molecule has 0 radical (unpaired) electrons. The number of nitrogens with one attached hydrogen (secondary N) is 1. The minimum Gasteiger partial charge on any atom is -0.328 e. The first kappa shape index (κ1) is 15.5. The molecule has 1 heterocycles. The fourth-order valence-corrected chi connectivity index (χ4v) is 3.37. The zero-order valence-electron chi connectivity index (χ0n) is 14.1. The molecule has 1 aromatic heterocycles. The highest BCUT2D eigenvalue weighted by molar-refractivity contribution is 5.77. The van der Waals surface area contributed by atoms with Crippen molar-refractivity contribution in [2.24, 2.45) is 0 Å². The van der Waals surface area contributed by atoms with Crippen LogP contribution in [0.15, 0.2) is 18.2 Å². The van der Waals surface area contributed by atoms with Gasteiger partial charge in [-0.1, -0.05) is 12.5 Å². The summed E-state index contributed by atoms with van der Waals surface area (Å²) in [6.45, 7) is 5.21. The van der Waals surface area contributed by atoms with Crippen LogP contribution in [0.4, 0.5) is 0 Å². The van der Waals surface area contributed by atoms with Gasteiger partial charge in [-0.2, -0.15) is 0 Å². The molecule has 0 spiro atoms. The van der Waals surface area contributed by atoms with Crippen molar-refractivity contribution >= 4 is 11.0 Å². The van der Waals surface area contributed by atoms with Crippen molar-refractivity contribution in [2.75, 3.05) is 20.6 Å². The molecule has 1 fully saturated rings. The number of hydrogen-bond acceptors (Lipinski definition) is 3. The van der Waals surface area contributed by atoms with E-state index in [-0.39, 0.29) is 0 Å². The van der Waals surface area contributed by atoms with Crippen LogP contribution < -0.4 is 5.32 Å². The number of aromatic nitrogens is 2. The minimum atomic E-state index is 0.807. The van der Waals surface area contributed by atoms with Crippen molar-refractivity contribution < 1.29 is 0 Å². The van der Waals surface area contributed by atoms with Crippen molar-refractivity contribution in [3.8, 4) is 0 Å². The van der Waals surface area contributed by atoms with Crippen LogP contribution in [0.5, 0.6) is 0 Å². The van der Waals surface area contributed by atoms with Crippen molar-refractivity contribution in [2.45, 2.75) is 51.7 Å². The molecule has 2 aromatic rings. The van der Waals surface area contributed by atoms with Gasteiger partial charge >= 0.3 is 0 Å². The molecule has 3 rings (SSSR count). The number of fused-ring (bicyclic) bond motifs is 1. The van der Waals surface area contributed by atoms with Crippen molar-refractivity contribution in [3.05, 3.63) is 29.6 Å². The Morgan fingerprint density at radius 2 is 2.18 bits per heavy atom. The zero-order valence-corrected chi connectivity index (χ0v) is 14.1. The van der Waals surface area contributed by atoms with E-state index in [1.54, 1.807) is 0 Å². The summed E-state index contributed by atoms with van der Waals surface area (Å²) in [6, 6.07) is 7.45. The summed E-state index contributed by atoms with van der Waals surface area (Å²) in [5.41, 5.74) is 3.70. The maximum absolute atomic E-state index is 4.91. The molecule has 1 N–H and O–H groups in total. The Kier molecular flexibility index (Phi) is 4.79. The number of aryl methyl sites for hydroxylation is 1. The van der Waals surface area contributed by atoms with Crippen LogP contribution in [0, 0.1) is 0 Å². The fourth-order valence-electron chi connectivity index (χ4n) is 3.37. The van der Waals surface area contributed by atoms with Crippen LogP contribution >= 0.6 is 0 Å². The van der Waals surface area contributed by atoms with E-state index in [2.05, 4.69) is 47.0 Å². The predicted molar refractivity (Wildman–Crippen MR) is 92.1 cm³/mol. The summed E-state index contributed by atoms with van der Waals surface area (Å²) in [5.74, 6) is 1.23. The van der Waals surface area contributed by atoms with Crippen LogP contribution in [0.2, 0.25) is 0 Å². The first-order valence-electron chi connectivity index (χ1n) is 8.55. The lowest BCUT2D eigenvalue weighted by molar-refractivity contribution is 0.160. The molecule has 0 unspecified atom stereocenters. The summed E-state index contributed by atoms with van der Waals surface area (Å²) in [6.07, 6.45) is 5.18. The van der Waals surface area contributed by atoms with Gasteiger partial charge in [0, 0.05) is 32.1 Å². The maximum atomic E-state index is 4.91. The van der Waals surface area contributed by atoms with E-state index in [0.29, 0.717) is 0 Å². The molecule has 0 atom stereocenters. The Hall–Kier alpha value is -1.39. The monoisotopic (exact) mass is 300 g/mol. The lowest BCUT2D eigenvalue weighted by Gasteiger charge is -2.34. The minimum absolute atomic E-state index is 0.807. The molecule has 1 aromatic carbocycles. The molecule has 4 nitrogen and oxygen atoms in total. The normalized spacial score (nSPS) is 15.6. The van der Waals surface area contributed by atoms with Gasteiger partial charge in [0.05, 0.1) is 11.0 Å². The summed E-state index contributed by atoms with van der Waals surface area (Å²) in [4.78, 5) is 7.42. The number of nitrogens with zero attached hydrogens (tertiary/aromatic N) is 3. The molecule has 1 saturated carbocycles. The number of benzene rings is 1. The van der Waals surface area contributed by atoms with E-state index in [4.69, 9.17) is 4.98 Å². The molecule has 0 bridgehead atoms. The summed E-state index contributed by atoms with van der Waals surface area (Å²) < 4.78 is 2.37. The van der Waals surface area contributed by atoms with E-state index < -0.39 is 0 Å². The average Bonchev–Trinajstić information content (AvgIpc) is 2.80. The molecular weight excluding hydrogens is 272 g/mol. The second-order valence-corrected chi connectivity index (χ2v) is 6.44. The van der Waals surface area contributed by atoms with E-state index >= 15 is 0 Å². The number of imidazole rings is 1. The summed E-state index contributed by atoms with van der Waals surface area (Å²) >= 11 is 0. The van der Waals surface area contributed by atoms with E-state index in [1.165, 1.54) is 36.2 Å². The van der Waals surface area contributed by atoms with Crippen molar-refractivity contribution in [1.29, 1.82) is 0 Å². The first-order chi connectivity index (χ1) is 10.7. The van der Waals surface area contributed by atoms with Gasteiger partial charge in [0.2, 0.25) is 0 Å². The van der Waals surface area contributed by atoms with Gasteiger partial charge in [0.25, 0.3) is 0 Å². The van der Waals surface area contributed by atoms with E-state index in [9.17, 15) is 0 Å². The van der Waals surface area contributed by atoms with Gasteiger partial charge < -0.3 is 14.8 Å². The summed E-state index contributed by atoms with van der Waals surface area (Å²) in [5, 5.41) is 3.21. The molecule has 4 heteroatoms. The van der Waals surface area contributed by atoms with Crippen LogP contribution in [0.25, 0.3) is 11.0 Å². The van der Waals surface area contributed by atoms with Crippen LogP contribution in [-0.2, 0) is 19.5 Å². The first-order valence-corrected chi connectivity index (χ1v) is 8.55. The van der Waals surface area contributed by atoms with Crippen molar-refractivity contribution in [1.82, 2.24) is 19.8 Å². The van der Waals surface area contributed by atoms with Crippen LogP contribution in [0.1, 0.15) is 37.6 Å². The third kappa shape index (κ3) is 3.03. The van der Waals surface area contributed by atoms with Gasteiger partial charge in [-0.15, -0.1) is 0 Å². The molecule has 0 amide bonds. The number of hydrogen-bond donors (Lipinski definition) is 1. The number of likely N-dealkylation sites (N-methyl/N-ethyl adjacent to an activating group) is 1. The van der Waals surface area contributed by atoms with Gasteiger partial charge in [-0.25, -0.2) is 4.98 Å². The SMILES string of the molecule is CCn1c(CCN(C)C2CCC2)nc2cc(CNC)ccc21. The molecular formula is C18H28N4. The second-order valence-electron chi connectivity index (χ2n) is 6.44. The van der Waals surface area contributed by atoms with Crippen LogP contribution in [0.3, 0.4) is 0 Å². The largest absolute Gasteiger partial charge is 0.328 e. The van der Waals surface area contributed by atoms with Gasteiger partial charge in [0.15, 0.2) is 0 Å². The van der Waals surface area contributed by atoms with Crippen molar-refractivity contribution in [3.63, 3.8) is 0 Å². The highest BCUT2D eigenvalue weighted by Gasteiger charge is 2.22. The molecule has 1 aliphatic carbocycles. The van der Waals surface area contributed by atoms with Gasteiger partial charge in [-0.05, 0) is 51.6 Å². The zero-order chi connectivity index (χ0) is 15.5. The number of rotatable bonds is 7. The van der Waals surface area contributed by atoms with Gasteiger partial charge in [-0.3, -0.25) is 0 Å². The van der Waals surface area contributed by atoms with Gasteiger partial charge in [0.1, 0.15) is 5.82 Å². The molecule has 0 aliphatic heterocycles. The Balaban J connectivity index is 1.78. The molecule has 22 heavy (non-hydrogen) atoms. The van der Waals surface area contributed by atoms with Crippen LogP contribution in [-0.4, -0.2) is 41.1 Å². The third-order valence-electron chi connectivity index (χ3n) is 4.97. The van der Waals surface area contributed by atoms with E-state index in [0.717, 1.165) is 37.6 Å². The standard InChI is InChI=1S/C18H28N4/c1-4-22-17-9-8-14(13-19-2)12-16(17)20-18(22)10-11-21(3)15-6-5-7-15/h8-9,12,15,19H,4-7,10-11,13H2,1-3H3. The smallest absolute Gasteiger partial charge is 0.111 e. The Morgan fingerprint density at radius 3 is 2.82 bits per heavy atom. The second kappa shape index (κ2) is 6.80. The summed E-state index contributed by atoms with van der Waals surface area (Å²) in [7, 11) is 4.24. The van der Waals surface area contributed by atoms with E-state index in [1.807, 2.05) is 7.05 Å². The lowest BCUT2D eigenvalue weighted by atomic mass is 9.92.